The minimum atomic E-state index is -1.43. The highest BCUT2D eigenvalue weighted by atomic mass is 16.3. The maximum Gasteiger partial charge on any atom is 0.324 e. The number of rotatable bonds is 3. The third-order valence-electron chi connectivity index (χ3n) is 6.74. The van der Waals surface area contributed by atoms with E-state index in [4.69, 9.17) is 11.6 Å². The van der Waals surface area contributed by atoms with Gasteiger partial charge in [0.15, 0.2) is 0 Å². The average Bonchev–Trinajstić information content (AvgIpc) is 2.88. The van der Waals surface area contributed by atoms with E-state index in [1.165, 1.54) is 13.8 Å². The first-order chi connectivity index (χ1) is 17.2. The molecule has 0 bridgehead atoms. The molecule has 0 saturated carbocycles. The van der Waals surface area contributed by atoms with Crippen LogP contribution in [0.1, 0.15) is 32.3 Å². The second-order valence-electron chi connectivity index (χ2n) is 9.80. The van der Waals surface area contributed by atoms with E-state index in [-0.39, 0.29) is 18.0 Å². The van der Waals surface area contributed by atoms with Gasteiger partial charge >= 0.3 is 6.03 Å². The number of fused-ring (bicyclic) bond motifs is 3. The van der Waals surface area contributed by atoms with Crippen molar-refractivity contribution >= 4 is 34.5 Å². The summed E-state index contributed by atoms with van der Waals surface area (Å²) in [7, 11) is 1.77. The Morgan fingerprint density at radius 1 is 1.14 bits per heavy atom. The second-order valence-corrected chi connectivity index (χ2v) is 9.80. The summed E-state index contributed by atoms with van der Waals surface area (Å²) in [5, 5.41) is 10.1. The lowest BCUT2D eigenvalue weighted by Crippen LogP contribution is -2.56. The van der Waals surface area contributed by atoms with E-state index in [1.54, 1.807) is 35.3 Å². The summed E-state index contributed by atoms with van der Waals surface area (Å²) in [6.45, 7) is 11.4. The van der Waals surface area contributed by atoms with Crippen LogP contribution in [0.5, 0.6) is 0 Å². The molecule has 0 radical (unpaired) electrons. The van der Waals surface area contributed by atoms with Crippen LogP contribution in [0.2, 0.25) is 0 Å². The van der Waals surface area contributed by atoms with Gasteiger partial charge in [0.05, 0.1) is 23.4 Å². The van der Waals surface area contributed by atoms with Gasteiger partial charge in [-0.25, -0.2) is 9.78 Å². The van der Waals surface area contributed by atoms with Gasteiger partial charge in [0.2, 0.25) is 0 Å². The van der Waals surface area contributed by atoms with Crippen molar-refractivity contribution in [1.29, 1.82) is 0 Å². The smallest absolute Gasteiger partial charge is 0.324 e. The molecule has 0 aromatic carbocycles. The average molecular weight is 486 g/mol. The molecule has 1 saturated heterocycles. The summed E-state index contributed by atoms with van der Waals surface area (Å²) in [6, 6.07) is 6.96. The minimum absolute atomic E-state index is 0.113. The zero-order valence-electron chi connectivity index (χ0n) is 20.5. The monoisotopic (exact) mass is 485 g/mol. The summed E-state index contributed by atoms with van der Waals surface area (Å²) in [4.78, 5) is 48.2. The number of hydrogen-bond donors (Lipinski definition) is 1. The van der Waals surface area contributed by atoms with Crippen molar-refractivity contribution in [3.05, 3.63) is 53.6 Å². The highest BCUT2D eigenvalue weighted by molar-refractivity contribution is 6.04. The highest BCUT2D eigenvalue weighted by Gasteiger charge is 2.39. The van der Waals surface area contributed by atoms with Crippen LogP contribution in [0, 0.1) is 6.57 Å². The Labute approximate surface area is 209 Å². The number of nitrogens with zero attached hydrogens (tertiary/aromatic N) is 7. The number of carbonyl (C=O) groups is 2. The van der Waals surface area contributed by atoms with Crippen LogP contribution in [-0.4, -0.2) is 73.6 Å². The molecule has 2 aliphatic heterocycles. The Kier molecular flexibility index (Phi) is 5.80. The van der Waals surface area contributed by atoms with Crippen molar-refractivity contribution in [3.63, 3.8) is 0 Å². The maximum absolute atomic E-state index is 13.5. The fraction of sp³-hybridized carbons (Fsp3) is 0.385. The fourth-order valence-corrected chi connectivity index (χ4v) is 4.90. The number of piperidine rings is 1. The maximum atomic E-state index is 13.5. The van der Waals surface area contributed by atoms with E-state index in [1.807, 2.05) is 23.1 Å². The second kappa shape index (κ2) is 8.84. The molecule has 10 heteroatoms. The molecular formula is C26H27N7O3. The molecule has 10 nitrogen and oxygen atoms in total. The van der Waals surface area contributed by atoms with Gasteiger partial charge in [0, 0.05) is 43.5 Å². The van der Waals surface area contributed by atoms with Crippen molar-refractivity contribution in [3.8, 4) is 11.3 Å². The van der Waals surface area contributed by atoms with Crippen molar-refractivity contribution in [2.24, 2.45) is 0 Å². The van der Waals surface area contributed by atoms with Crippen molar-refractivity contribution < 1.29 is 14.7 Å². The number of amides is 3. The van der Waals surface area contributed by atoms with Gasteiger partial charge in [-0.2, -0.15) is 0 Å². The first kappa shape index (κ1) is 23.6. The van der Waals surface area contributed by atoms with Crippen molar-refractivity contribution in [2.45, 2.75) is 44.9 Å². The zero-order valence-corrected chi connectivity index (χ0v) is 20.5. The topological polar surface area (TPSA) is 107 Å². The number of pyridine rings is 3. The van der Waals surface area contributed by atoms with E-state index in [0.29, 0.717) is 55.0 Å². The van der Waals surface area contributed by atoms with Crippen LogP contribution < -0.4 is 4.90 Å². The lowest BCUT2D eigenvalue weighted by molar-refractivity contribution is -0.148. The normalized spacial score (nSPS) is 16.8. The number of aromatic nitrogens is 3. The van der Waals surface area contributed by atoms with E-state index in [2.05, 4.69) is 14.8 Å². The number of carbonyl (C=O) groups excluding carboxylic acids is 2. The van der Waals surface area contributed by atoms with E-state index >= 15 is 0 Å². The molecule has 0 spiro atoms. The first-order valence-electron chi connectivity index (χ1n) is 11.9. The third-order valence-corrected chi connectivity index (χ3v) is 6.74. The van der Waals surface area contributed by atoms with Gasteiger partial charge in [-0.1, -0.05) is 12.6 Å². The summed E-state index contributed by atoms with van der Waals surface area (Å²) in [6.07, 6.45) is 4.60. The van der Waals surface area contributed by atoms with Gasteiger partial charge < -0.3 is 19.8 Å². The Bertz CT molecular complexity index is 1380. The molecule has 3 aromatic rings. The Morgan fingerprint density at radius 3 is 2.53 bits per heavy atom. The molecule has 1 N–H and O–H groups in total. The van der Waals surface area contributed by atoms with Crippen LogP contribution in [-0.2, 0) is 11.3 Å². The highest BCUT2D eigenvalue weighted by Crippen LogP contribution is 2.38. The summed E-state index contributed by atoms with van der Waals surface area (Å²) in [5.41, 5.74) is 3.00. The molecule has 0 atom stereocenters. The van der Waals surface area contributed by atoms with Crippen LogP contribution in [0.25, 0.3) is 27.1 Å². The van der Waals surface area contributed by atoms with Crippen molar-refractivity contribution in [1.82, 2.24) is 24.8 Å². The molecule has 184 valence electrons. The summed E-state index contributed by atoms with van der Waals surface area (Å²) >= 11 is 0. The first-order valence-corrected chi connectivity index (χ1v) is 11.9. The van der Waals surface area contributed by atoms with Crippen molar-refractivity contribution in [2.75, 3.05) is 25.0 Å². The number of likely N-dealkylation sites (tertiary alicyclic amines) is 1. The lowest BCUT2D eigenvalue weighted by atomic mass is 9.98. The number of aliphatic hydroxyl groups is 1. The number of hydrogen-bond acceptors (Lipinski definition) is 6. The fourth-order valence-electron chi connectivity index (χ4n) is 4.90. The zero-order chi connectivity index (χ0) is 25.6. The Balaban J connectivity index is 1.54. The minimum Gasteiger partial charge on any atom is -0.381 e. The molecule has 0 unspecified atom stereocenters. The van der Waals surface area contributed by atoms with Gasteiger partial charge in [-0.3, -0.25) is 14.7 Å². The number of urea groups is 1. The molecule has 5 rings (SSSR count). The summed E-state index contributed by atoms with van der Waals surface area (Å²) < 4.78 is 0. The Morgan fingerprint density at radius 2 is 1.89 bits per heavy atom. The van der Waals surface area contributed by atoms with Crippen LogP contribution >= 0.6 is 0 Å². The molecule has 1 fully saturated rings. The summed E-state index contributed by atoms with van der Waals surface area (Å²) in [5.74, 6) is 0.00930. The van der Waals surface area contributed by atoms with Crippen LogP contribution in [0.4, 0.5) is 16.3 Å². The molecule has 36 heavy (non-hydrogen) atoms. The standard InChI is InChI=1S/C26H27N7O3/c1-26(2,36)24(34)32-11-9-18(10-12-32)33-23-17(15-31(4)25(33)35)14-28-20-7-6-19(30-22(20)23)16-5-8-21(27-3)29-13-16/h5-8,13-14,18,36H,9-12,15H2,1-2,4H3. The molecule has 5 heterocycles. The SMILES string of the molecule is [C-]#[N+]c1ccc(-c2ccc3ncc4c(c3n2)N(C2CCN(C(=O)C(C)(C)O)CC2)C(=O)N(C)C4)cn1. The molecule has 3 amide bonds. The number of anilines is 1. The van der Waals surface area contributed by atoms with Gasteiger partial charge in [-0.15, -0.1) is 4.98 Å². The van der Waals surface area contributed by atoms with E-state index in [0.717, 1.165) is 16.8 Å². The van der Waals surface area contributed by atoms with Gasteiger partial charge in [0.1, 0.15) is 17.3 Å². The third kappa shape index (κ3) is 4.12. The molecule has 2 aliphatic rings. The predicted octanol–water partition coefficient (Wildman–Crippen LogP) is 3.38. The Hall–Kier alpha value is -4.10. The molecule has 0 aliphatic carbocycles. The lowest BCUT2D eigenvalue weighted by Gasteiger charge is -2.43. The van der Waals surface area contributed by atoms with Gasteiger partial charge in [0.25, 0.3) is 11.7 Å². The quantitative estimate of drug-likeness (QED) is 0.570. The van der Waals surface area contributed by atoms with E-state index in [9.17, 15) is 14.7 Å². The predicted molar refractivity (Wildman–Crippen MR) is 134 cm³/mol. The van der Waals surface area contributed by atoms with E-state index < -0.39 is 5.60 Å². The molecular weight excluding hydrogens is 458 g/mol. The van der Waals surface area contributed by atoms with Gasteiger partial charge in [-0.05, 0) is 44.9 Å². The van der Waals surface area contributed by atoms with Crippen LogP contribution in [0.15, 0.2) is 36.7 Å². The largest absolute Gasteiger partial charge is 0.381 e. The van der Waals surface area contributed by atoms with Crippen LogP contribution in [0.3, 0.4) is 0 Å². The molecule has 3 aromatic heterocycles.